The Bertz CT molecular complexity index is 1220. The van der Waals surface area contributed by atoms with E-state index in [0.29, 0.717) is 19.4 Å². The smallest absolute Gasteiger partial charge is 0.408 e. The molecule has 2 amide bonds. The molecule has 49 heavy (non-hydrogen) atoms. The number of carbonyl (C=O) groups is 4. The Labute approximate surface area is 291 Å². The molecule has 3 N–H and O–H groups in total. The molecule has 14 nitrogen and oxygen atoms in total. The maximum atomic E-state index is 14.2. The molecule has 3 aliphatic heterocycles. The van der Waals surface area contributed by atoms with E-state index in [1.807, 2.05) is 46.7 Å². The number of fused-ring (bicyclic) bond motifs is 1. The number of esters is 1. The van der Waals surface area contributed by atoms with Crippen LogP contribution in [-0.2, 0) is 38.1 Å². The van der Waals surface area contributed by atoms with Crippen LogP contribution in [0.4, 0.5) is 4.79 Å². The number of aliphatic hydroxyl groups excluding tert-OH is 1. The van der Waals surface area contributed by atoms with E-state index in [1.54, 1.807) is 32.9 Å². The van der Waals surface area contributed by atoms with Gasteiger partial charge < -0.3 is 49.2 Å². The summed E-state index contributed by atoms with van der Waals surface area (Å²) in [5, 5.41) is 18.0. The molecule has 0 spiro atoms. The number of likely N-dealkylation sites (N-methyl/N-ethyl adjacent to an activating group) is 2. The van der Waals surface area contributed by atoms with Crippen LogP contribution in [0, 0.1) is 17.8 Å². The van der Waals surface area contributed by atoms with Crippen molar-refractivity contribution in [2.75, 3.05) is 34.8 Å². The molecule has 3 saturated heterocycles. The number of rotatable bonds is 7. The van der Waals surface area contributed by atoms with Crippen LogP contribution in [0.1, 0.15) is 80.6 Å². The normalized spacial score (nSPS) is 42.7. The summed E-state index contributed by atoms with van der Waals surface area (Å²) in [7, 11) is 6.97. The molecule has 0 bridgehead atoms. The summed E-state index contributed by atoms with van der Waals surface area (Å²) < 4.78 is 30.8. The van der Waals surface area contributed by atoms with Crippen molar-refractivity contribution in [3.05, 3.63) is 0 Å². The molecule has 0 aromatic rings. The van der Waals surface area contributed by atoms with Crippen molar-refractivity contribution in [2.45, 2.75) is 147 Å². The van der Waals surface area contributed by atoms with Gasteiger partial charge >= 0.3 is 12.1 Å². The van der Waals surface area contributed by atoms with Crippen LogP contribution in [0.5, 0.6) is 0 Å². The van der Waals surface area contributed by atoms with Crippen molar-refractivity contribution in [1.29, 1.82) is 0 Å². The monoisotopic (exact) mass is 696 g/mol. The van der Waals surface area contributed by atoms with Gasteiger partial charge in [0.25, 0.3) is 5.91 Å². The van der Waals surface area contributed by atoms with Crippen LogP contribution in [0.2, 0.25) is 0 Å². The first-order chi connectivity index (χ1) is 22.9. The second-order valence-corrected chi connectivity index (χ2v) is 15.5. The second-order valence-electron chi connectivity index (χ2n) is 15.5. The molecular weight excluding hydrogens is 636 g/mol. The van der Waals surface area contributed by atoms with Gasteiger partial charge in [0.15, 0.2) is 17.7 Å². The Kier molecular flexibility index (Phi) is 12.5. The van der Waals surface area contributed by atoms with Gasteiger partial charge in [0.1, 0.15) is 24.2 Å². The molecular formula is C35H60N4O10. The number of amides is 2. The minimum Gasteiger partial charge on any atom is -0.458 e. The van der Waals surface area contributed by atoms with E-state index in [4.69, 9.17) is 23.7 Å². The van der Waals surface area contributed by atoms with Gasteiger partial charge in [-0.25, -0.2) is 4.79 Å². The van der Waals surface area contributed by atoms with Gasteiger partial charge in [0.05, 0.1) is 17.7 Å². The zero-order valence-corrected chi connectivity index (χ0v) is 31.2. The van der Waals surface area contributed by atoms with E-state index in [9.17, 15) is 24.3 Å². The molecule has 13 atom stereocenters. The van der Waals surface area contributed by atoms with Gasteiger partial charge in [0, 0.05) is 44.6 Å². The zero-order chi connectivity index (χ0) is 36.6. The van der Waals surface area contributed by atoms with E-state index in [2.05, 4.69) is 10.6 Å². The van der Waals surface area contributed by atoms with Crippen LogP contribution in [-0.4, -0.2) is 140 Å². The number of Topliss-reactive ketones (excluding diaryl/α,β-unsaturated/α-hetero) is 1. The Morgan fingerprint density at radius 3 is 2.31 bits per heavy atom. The fourth-order valence-electron chi connectivity index (χ4n) is 7.97. The van der Waals surface area contributed by atoms with Gasteiger partial charge in [-0.2, -0.15) is 0 Å². The second kappa shape index (κ2) is 15.5. The third kappa shape index (κ3) is 8.25. The maximum Gasteiger partial charge on any atom is 0.408 e. The molecule has 14 heteroatoms. The lowest BCUT2D eigenvalue weighted by Crippen LogP contribution is -2.61. The number of carbonyl (C=O) groups excluding carboxylic acids is 4. The lowest BCUT2D eigenvalue weighted by molar-refractivity contribution is -0.295. The van der Waals surface area contributed by atoms with E-state index >= 15 is 0 Å². The number of ketones is 1. The molecule has 4 fully saturated rings. The molecule has 4 rings (SSSR count). The number of alkyl carbamates (subject to hydrolysis) is 1. The van der Waals surface area contributed by atoms with E-state index in [1.165, 1.54) is 6.92 Å². The molecule has 4 aliphatic rings. The van der Waals surface area contributed by atoms with Crippen molar-refractivity contribution >= 4 is 23.8 Å². The van der Waals surface area contributed by atoms with Crippen molar-refractivity contribution in [3.63, 3.8) is 0 Å². The number of methoxy groups -OCH3 is 1. The summed E-state index contributed by atoms with van der Waals surface area (Å²) >= 11 is 0. The van der Waals surface area contributed by atoms with E-state index in [-0.39, 0.29) is 30.3 Å². The highest BCUT2D eigenvalue weighted by molar-refractivity contribution is 6.00. The fourth-order valence-corrected chi connectivity index (χ4v) is 7.97. The Balaban J connectivity index is 1.70. The summed E-state index contributed by atoms with van der Waals surface area (Å²) in [6.45, 7) is 13.1. The van der Waals surface area contributed by atoms with Gasteiger partial charge in [-0.15, -0.1) is 0 Å². The average Bonchev–Trinajstić information content (AvgIpc) is 3.86. The molecule has 0 radical (unpaired) electrons. The van der Waals surface area contributed by atoms with Crippen molar-refractivity contribution < 1.29 is 48.0 Å². The Hall–Kier alpha value is -2.36. The predicted molar refractivity (Wildman–Crippen MR) is 179 cm³/mol. The van der Waals surface area contributed by atoms with Crippen LogP contribution < -0.4 is 10.6 Å². The lowest BCUT2D eigenvalue weighted by atomic mass is 9.78. The average molecular weight is 697 g/mol. The van der Waals surface area contributed by atoms with Crippen molar-refractivity contribution in [3.8, 4) is 0 Å². The van der Waals surface area contributed by atoms with Gasteiger partial charge in [-0.3, -0.25) is 14.4 Å². The van der Waals surface area contributed by atoms with E-state index in [0.717, 1.165) is 12.8 Å². The third-order valence-electron chi connectivity index (χ3n) is 11.4. The summed E-state index contributed by atoms with van der Waals surface area (Å²) in [6.07, 6.45) is -2.77. The molecule has 1 saturated carbocycles. The highest BCUT2D eigenvalue weighted by atomic mass is 16.7. The molecule has 3 heterocycles. The molecule has 5 unspecified atom stereocenters. The standard InChI is InChI=1S/C35H60N4O10/c1-12-25-35(7)28(37-33(44)49-35)21(5)36-17-18(2)16-34(6,45-11)29(19(3)26(40)20(4)31(43)47-25)48-32-27(41)23(38(8)9)15-24(46-32)30(42)39(10)22-13-14-22/h18-25,27-29,32,36,41H,12-17H2,1-11H3,(H,37,44)/t18-,19+,20?,21-,23?,24?,25-,27?,28-,29-,32?,34-,35-/m1/s1. The number of aliphatic hydroxyl groups is 1. The van der Waals surface area contributed by atoms with Crippen molar-refractivity contribution in [2.24, 2.45) is 17.8 Å². The summed E-state index contributed by atoms with van der Waals surface area (Å²) in [4.78, 5) is 57.5. The number of hydrogen-bond acceptors (Lipinski definition) is 12. The van der Waals surface area contributed by atoms with Crippen LogP contribution in [0.15, 0.2) is 0 Å². The number of nitrogens with one attached hydrogen (secondary N) is 2. The topological polar surface area (TPSA) is 165 Å². The lowest BCUT2D eigenvalue weighted by Gasteiger charge is -2.47. The number of nitrogens with zero attached hydrogens (tertiary/aromatic N) is 2. The maximum absolute atomic E-state index is 14.2. The number of ether oxygens (including phenoxy) is 5. The summed E-state index contributed by atoms with van der Waals surface area (Å²) in [5.74, 6) is -3.52. The predicted octanol–water partition coefficient (Wildman–Crippen LogP) is 1.85. The minimum atomic E-state index is -1.26. The number of cyclic esters (lactones) is 1. The fraction of sp³-hybridized carbons (Fsp3) is 0.886. The van der Waals surface area contributed by atoms with Crippen LogP contribution >= 0.6 is 0 Å². The quantitative estimate of drug-likeness (QED) is 0.262. The Morgan fingerprint density at radius 1 is 1.08 bits per heavy atom. The van der Waals surface area contributed by atoms with Crippen molar-refractivity contribution in [1.82, 2.24) is 20.4 Å². The van der Waals surface area contributed by atoms with Gasteiger partial charge in [0.2, 0.25) is 0 Å². The van der Waals surface area contributed by atoms with Gasteiger partial charge in [-0.1, -0.05) is 20.8 Å². The minimum absolute atomic E-state index is 0.0271. The first-order valence-corrected chi connectivity index (χ1v) is 17.8. The molecule has 280 valence electrons. The van der Waals surface area contributed by atoms with Crippen LogP contribution in [0.25, 0.3) is 0 Å². The summed E-state index contributed by atoms with van der Waals surface area (Å²) in [5.41, 5.74) is -2.29. The first kappa shape index (κ1) is 39.4. The molecule has 1 aliphatic carbocycles. The highest BCUT2D eigenvalue weighted by Crippen LogP contribution is 2.38. The van der Waals surface area contributed by atoms with Gasteiger partial charge in [-0.05, 0) is 79.9 Å². The SMILES string of the molecule is CC[C@H]1OC(=O)C(C)C(=O)[C@H](C)[C@@H](OC2OC(C(=O)N(C)C3CC3)CC(N(C)C)C2O)[C@](C)(OC)C[C@@H](C)CN[C@H](C)[C@H]2NC(=O)O[C@@]21C. The third-order valence-corrected chi connectivity index (χ3v) is 11.4. The van der Waals surface area contributed by atoms with E-state index < -0.39 is 83.7 Å². The molecule has 0 aromatic carbocycles. The Morgan fingerprint density at radius 2 is 1.73 bits per heavy atom. The first-order valence-electron chi connectivity index (χ1n) is 17.8. The summed E-state index contributed by atoms with van der Waals surface area (Å²) in [6, 6.07) is -1.08. The molecule has 0 aromatic heterocycles. The van der Waals surface area contributed by atoms with Crippen LogP contribution in [0.3, 0.4) is 0 Å². The largest absolute Gasteiger partial charge is 0.458 e. The zero-order valence-electron chi connectivity index (χ0n) is 31.2. The number of hydrogen-bond donors (Lipinski definition) is 3. The highest BCUT2D eigenvalue weighted by Gasteiger charge is 2.55.